The molecule has 0 saturated heterocycles. The number of amides is 1. The van der Waals surface area contributed by atoms with Gasteiger partial charge in [0.15, 0.2) is 11.5 Å². The van der Waals surface area contributed by atoms with Crippen molar-refractivity contribution in [3.05, 3.63) is 71.5 Å². The lowest BCUT2D eigenvalue weighted by Gasteiger charge is -2.12. The minimum Gasteiger partial charge on any atom is -0.490 e. The zero-order chi connectivity index (χ0) is 20.6. The van der Waals surface area contributed by atoms with E-state index in [1.807, 2.05) is 42.9 Å². The molecule has 6 nitrogen and oxygen atoms in total. The first-order chi connectivity index (χ1) is 14.1. The molecule has 2 aromatic carbocycles. The minimum atomic E-state index is -0.105. The topological polar surface area (TPSA) is 65.4 Å². The molecule has 1 heterocycles. The second kappa shape index (κ2) is 9.78. The molecule has 0 unspecified atom stereocenters. The molecule has 1 N–H and O–H groups in total. The molecule has 6 heteroatoms. The van der Waals surface area contributed by atoms with Crippen LogP contribution in [0.5, 0.6) is 11.5 Å². The van der Waals surface area contributed by atoms with E-state index in [9.17, 15) is 4.79 Å². The summed E-state index contributed by atoms with van der Waals surface area (Å²) in [6.07, 6.45) is 3.74. The number of hydrogen-bond donors (Lipinski definition) is 1. The first-order valence-electron chi connectivity index (χ1n) is 9.83. The Bertz CT molecular complexity index is 948. The van der Waals surface area contributed by atoms with Crippen LogP contribution < -0.4 is 14.8 Å². The number of ether oxygens (including phenoxy) is 2. The maximum Gasteiger partial charge on any atom is 0.228 e. The van der Waals surface area contributed by atoms with Crippen molar-refractivity contribution in [2.24, 2.45) is 0 Å². The summed E-state index contributed by atoms with van der Waals surface area (Å²) in [6, 6.07) is 13.9. The van der Waals surface area contributed by atoms with E-state index in [-0.39, 0.29) is 12.3 Å². The van der Waals surface area contributed by atoms with Gasteiger partial charge in [0.25, 0.3) is 0 Å². The van der Waals surface area contributed by atoms with Crippen molar-refractivity contribution in [1.82, 2.24) is 9.78 Å². The molecule has 1 aromatic heterocycles. The average molecular weight is 393 g/mol. The van der Waals surface area contributed by atoms with Gasteiger partial charge in [0.05, 0.1) is 38.1 Å². The molecule has 0 radical (unpaired) electrons. The second-order valence-corrected chi connectivity index (χ2v) is 6.78. The van der Waals surface area contributed by atoms with Crippen molar-refractivity contribution in [3.63, 3.8) is 0 Å². The van der Waals surface area contributed by atoms with Gasteiger partial charge < -0.3 is 14.8 Å². The Labute approximate surface area is 171 Å². The van der Waals surface area contributed by atoms with Crippen molar-refractivity contribution < 1.29 is 14.3 Å². The van der Waals surface area contributed by atoms with E-state index in [1.54, 1.807) is 6.20 Å². The molecule has 0 bridgehead atoms. The second-order valence-electron chi connectivity index (χ2n) is 6.78. The van der Waals surface area contributed by atoms with Crippen LogP contribution in [0.4, 0.5) is 5.69 Å². The predicted molar refractivity (Wildman–Crippen MR) is 114 cm³/mol. The van der Waals surface area contributed by atoms with Gasteiger partial charge in [-0.15, -0.1) is 0 Å². The van der Waals surface area contributed by atoms with Crippen molar-refractivity contribution in [3.8, 4) is 11.5 Å². The van der Waals surface area contributed by atoms with E-state index in [1.165, 1.54) is 5.56 Å². The summed E-state index contributed by atoms with van der Waals surface area (Å²) >= 11 is 0. The fraction of sp³-hybridized carbons (Fsp3) is 0.304. The van der Waals surface area contributed by atoms with Gasteiger partial charge in [-0.3, -0.25) is 9.48 Å². The highest BCUT2D eigenvalue weighted by Gasteiger charge is 2.10. The van der Waals surface area contributed by atoms with Gasteiger partial charge in [0, 0.05) is 6.20 Å². The van der Waals surface area contributed by atoms with Crippen LogP contribution in [0, 0.1) is 6.92 Å². The monoisotopic (exact) mass is 393 g/mol. The van der Waals surface area contributed by atoms with Crippen LogP contribution in [0.25, 0.3) is 0 Å². The number of anilines is 1. The summed E-state index contributed by atoms with van der Waals surface area (Å²) in [4.78, 5) is 12.4. The molecule has 0 aliphatic rings. The largest absolute Gasteiger partial charge is 0.490 e. The number of hydrogen-bond acceptors (Lipinski definition) is 4. The summed E-state index contributed by atoms with van der Waals surface area (Å²) in [5.74, 6) is 1.24. The lowest BCUT2D eigenvalue weighted by molar-refractivity contribution is -0.115. The highest BCUT2D eigenvalue weighted by Crippen LogP contribution is 2.28. The molecule has 1 amide bonds. The van der Waals surface area contributed by atoms with Crippen LogP contribution in [-0.4, -0.2) is 28.9 Å². The summed E-state index contributed by atoms with van der Waals surface area (Å²) in [6.45, 7) is 7.67. The maximum absolute atomic E-state index is 12.4. The summed E-state index contributed by atoms with van der Waals surface area (Å²) in [5, 5.41) is 7.23. The average Bonchev–Trinajstić information content (AvgIpc) is 3.12. The lowest BCUT2D eigenvalue weighted by Crippen LogP contribution is -2.14. The number of nitrogens with one attached hydrogen (secondary N) is 1. The zero-order valence-electron chi connectivity index (χ0n) is 17.1. The highest BCUT2D eigenvalue weighted by atomic mass is 16.5. The Morgan fingerprint density at radius 1 is 1.00 bits per heavy atom. The summed E-state index contributed by atoms with van der Waals surface area (Å²) in [5.41, 5.74) is 3.93. The Kier molecular flexibility index (Phi) is 6.89. The van der Waals surface area contributed by atoms with Crippen molar-refractivity contribution in [2.75, 3.05) is 18.5 Å². The van der Waals surface area contributed by atoms with Crippen LogP contribution in [0.2, 0.25) is 0 Å². The standard InChI is InChI=1S/C23H27N3O3/c1-4-28-21-11-10-19(12-22(21)29-5-2)13-23(27)25-20-14-24-26(16-20)15-18-8-6-17(3)7-9-18/h6-12,14,16H,4-5,13,15H2,1-3H3,(H,25,27). The fourth-order valence-electron chi connectivity index (χ4n) is 2.99. The number of aromatic nitrogens is 2. The van der Waals surface area contributed by atoms with Crippen LogP contribution in [0.1, 0.15) is 30.5 Å². The molecule has 152 valence electrons. The van der Waals surface area contributed by atoms with Gasteiger partial charge in [-0.25, -0.2) is 0 Å². The van der Waals surface area contributed by atoms with Crippen LogP contribution in [0.15, 0.2) is 54.9 Å². The number of benzene rings is 2. The molecule has 0 aliphatic heterocycles. The molecule has 0 fully saturated rings. The van der Waals surface area contributed by atoms with E-state index in [2.05, 4.69) is 41.6 Å². The van der Waals surface area contributed by atoms with Crippen LogP contribution in [-0.2, 0) is 17.8 Å². The molecule has 0 atom stereocenters. The predicted octanol–water partition coefficient (Wildman–Crippen LogP) is 4.22. The molecular weight excluding hydrogens is 366 g/mol. The third kappa shape index (κ3) is 5.85. The number of carbonyl (C=O) groups is 1. The van der Waals surface area contributed by atoms with Gasteiger partial charge in [-0.2, -0.15) is 5.10 Å². The zero-order valence-corrected chi connectivity index (χ0v) is 17.1. The van der Waals surface area contributed by atoms with E-state index < -0.39 is 0 Å². The fourth-order valence-corrected chi connectivity index (χ4v) is 2.99. The van der Waals surface area contributed by atoms with Crippen LogP contribution in [0.3, 0.4) is 0 Å². The van der Waals surface area contributed by atoms with Gasteiger partial charge in [-0.1, -0.05) is 35.9 Å². The molecule has 3 aromatic rings. The Balaban J connectivity index is 1.60. The SMILES string of the molecule is CCOc1ccc(CC(=O)Nc2cnn(Cc3ccc(C)cc3)c2)cc1OCC. The first-order valence-corrected chi connectivity index (χ1v) is 9.83. The Morgan fingerprint density at radius 3 is 2.41 bits per heavy atom. The van der Waals surface area contributed by atoms with E-state index in [0.717, 1.165) is 11.1 Å². The number of carbonyl (C=O) groups excluding carboxylic acids is 1. The van der Waals surface area contributed by atoms with Gasteiger partial charge in [-0.05, 0) is 44.0 Å². The van der Waals surface area contributed by atoms with Crippen molar-refractivity contribution in [1.29, 1.82) is 0 Å². The smallest absolute Gasteiger partial charge is 0.228 e. The molecule has 3 rings (SSSR count). The third-order valence-corrected chi connectivity index (χ3v) is 4.35. The minimum absolute atomic E-state index is 0.105. The number of rotatable bonds is 9. The Hall–Kier alpha value is -3.28. The third-order valence-electron chi connectivity index (χ3n) is 4.35. The summed E-state index contributed by atoms with van der Waals surface area (Å²) < 4.78 is 13.0. The normalized spacial score (nSPS) is 10.6. The van der Waals surface area contributed by atoms with Crippen molar-refractivity contribution >= 4 is 11.6 Å². The van der Waals surface area contributed by atoms with E-state index >= 15 is 0 Å². The van der Waals surface area contributed by atoms with Crippen molar-refractivity contribution in [2.45, 2.75) is 33.7 Å². The van der Waals surface area contributed by atoms with E-state index in [4.69, 9.17) is 9.47 Å². The molecule has 29 heavy (non-hydrogen) atoms. The summed E-state index contributed by atoms with van der Waals surface area (Å²) in [7, 11) is 0. The first kappa shape index (κ1) is 20.5. The molecular formula is C23H27N3O3. The molecule has 0 saturated carbocycles. The quantitative estimate of drug-likeness (QED) is 0.591. The molecule has 0 spiro atoms. The maximum atomic E-state index is 12.4. The number of aryl methyl sites for hydroxylation is 1. The van der Waals surface area contributed by atoms with Crippen LogP contribution >= 0.6 is 0 Å². The Morgan fingerprint density at radius 2 is 1.69 bits per heavy atom. The molecule has 0 aliphatic carbocycles. The highest BCUT2D eigenvalue weighted by molar-refractivity contribution is 5.92. The lowest BCUT2D eigenvalue weighted by atomic mass is 10.1. The number of nitrogens with zero attached hydrogens (tertiary/aromatic N) is 2. The van der Waals surface area contributed by atoms with Gasteiger partial charge in [0.1, 0.15) is 0 Å². The van der Waals surface area contributed by atoms with Gasteiger partial charge >= 0.3 is 0 Å². The van der Waals surface area contributed by atoms with Gasteiger partial charge in [0.2, 0.25) is 5.91 Å². The van der Waals surface area contributed by atoms with E-state index in [0.29, 0.717) is 36.9 Å².